The van der Waals surface area contributed by atoms with Gasteiger partial charge in [0, 0.05) is 6.04 Å². The van der Waals surface area contributed by atoms with E-state index in [0.717, 1.165) is 23.1 Å². The van der Waals surface area contributed by atoms with Crippen molar-refractivity contribution in [2.45, 2.75) is 50.2 Å². The third-order valence-electron chi connectivity index (χ3n) is 3.58. The zero-order valence-electron chi connectivity index (χ0n) is 11.0. The zero-order valence-corrected chi connectivity index (χ0v) is 11.8. The van der Waals surface area contributed by atoms with Gasteiger partial charge in [0.15, 0.2) is 9.84 Å². The number of hydrogen-bond donors (Lipinski definition) is 1. The Morgan fingerprint density at radius 3 is 2.28 bits per heavy atom. The Kier molecular flexibility index (Phi) is 3.78. The lowest BCUT2D eigenvalue weighted by Gasteiger charge is -2.12. The molecular formula is C14H21NO2S. The molecule has 100 valence electrons. The molecule has 0 amide bonds. The summed E-state index contributed by atoms with van der Waals surface area (Å²) in [5.41, 5.74) is 8.92. The molecule has 1 aliphatic rings. The fourth-order valence-corrected chi connectivity index (χ4v) is 4.70. The highest BCUT2D eigenvalue weighted by molar-refractivity contribution is 7.91. The van der Waals surface area contributed by atoms with Crippen molar-refractivity contribution in [3.8, 4) is 0 Å². The molecule has 1 fully saturated rings. The minimum absolute atomic E-state index is 0.0593. The van der Waals surface area contributed by atoms with Crippen LogP contribution in [0.1, 0.15) is 36.0 Å². The van der Waals surface area contributed by atoms with Crippen molar-refractivity contribution in [2.24, 2.45) is 5.73 Å². The molecule has 1 aromatic rings. The molecule has 2 rings (SSSR count). The average molecular weight is 267 g/mol. The number of rotatable bonds is 3. The minimum Gasteiger partial charge on any atom is -0.328 e. The van der Waals surface area contributed by atoms with Gasteiger partial charge < -0.3 is 5.73 Å². The van der Waals surface area contributed by atoms with Crippen molar-refractivity contribution in [2.75, 3.05) is 0 Å². The lowest BCUT2D eigenvalue weighted by molar-refractivity contribution is 0.577. The highest BCUT2D eigenvalue weighted by Gasteiger charge is 2.32. The van der Waals surface area contributed by atoms with Gasteiger partial charge in [0.1, 0.15) is 0 Å². The molecule has 2 atom stereocenters. The van der Waals surface area contributed by atoms with Crippen LogP contribution in [0.5, 0.6) is 0 Å². The van der Waals surface area contributed by atoms with Gasteiger partial charge >= 0.3 is 0 Å². The van der Waals surface area contributed by atoms with Crippen LogP contribution in [0, 0.1) is 13.8 Å². The highest BCUT2D eigenvalue weighted by Crippen LogP contribution is 2.27. The largest absolute Gasteiger partial charge is 0.328 e. The summed E-state index contributed by atoms with van der Waals surface area (Å²) in [6.45, 7) is 3.99. The second-order valence-electron chi connectivity index (χ2n) is 5.50. The van der Waals surface area contributed by atoms with Crippen LogP contribution in [-0.4, -0.2) is 19.7 Å². The first kappa shape index (κ1) is 13.6. The topological polar surface area (TPSA) is 60.2 Å². The highest BCUT2D eigenvalue weighted by atomic mass is 32.2. The predicted octanol–water partition coefficient (Wildman–Crippen LogP) is 2.10. The Balaban J connectivity index is 2.17. The lowest BCUT2D eigenvalue weighted by atomic mass is 10.1. The predicted molar refractivity (Wildman–Crippen MR) is 74.2 cm³/mol. The average Bonchev–Trinajstić information content (AvgIpc) is 2.62. The second-order valence-corrected chi connectivity index (χ2v) is 7.78. The Labute approximate surface area is 109 Å². The fourth-order valence-electron chi connectivity index (χ4n) is 2.80. The first-order valence-corrected chi connectivity index (χ1v) is 8.13. The molecule has 18 heavy (non-hydrogen) atoms. The molecule has 0 spiro atoms. The van der Waals surface area contributed by atoms with Crippen molar-refractivity contribution < 1.29 is 8.42 Å². The quantitative estimate of drug-likeness (QED) is 0.912. The number of aryl methyl sites for hydroxylation is 2. The van der Waals surface area contributed by atoms with Gasteiger partial charge in [0.25, 0.3) is 0 Å². The van der Waals surface area contributed by atoms with Crippen molar-refractivity contribution in [1.82, 2.24) is 0 Å². The molecule has 1 aliphatic carbocycles. The van der Waals surface area contributed by atoms with E-state index in [0.29, 0.717) is 12.8 Å². The van der Waals surface area contributed by atoms with Gasteiger partial charge in [-0.3, -0.25) is 0 Å². The zero-order chi connectivity index (χ0) is 13.3. The summed E-state index contributed by atoms with van der Waals surface area (Å²) in [5, 5.41) is -0.242. The van der Waals surface area contributed by atoms with Crippen LogP contribution in [0.4, 0.5) is 0 Å². The van der Waals surface area contributed by atoms with Gasteiger partial charge in [-0.1, -0.05) is 29.3 Å². The first-order chi connectivity index (χ1) is 8.37. The third-order valence-corrected chi connectivity index (χ3v) is 5.76. The van der Waals surface area contributed by atoms with Gasteiger partial charge in [-0.25, -0.2) is 8.42 Å². The molecule has 1 saturated carbocycles. The first-order valence-electron chi connectivity index (χ1n) is 6.41. The van der Waals surface area contributed by atoms with E-state index in [-0.39, 0.29) is 17.0 Å². The summed E-state index contributed by atoms with van der Waals surface area (Å²) >= 11 is 0. The van der Waals surface area contributed by atoms with E-state index in [2.05, 4.69) is 6.07 Å². The fraction of sp³-hybridized carbons (Fsp3) is 0.571. The van der Waals surface area contributed by atoms with E-state index in [1.165, 1.54) is 0 Å². The molecule has 0 bridgehead atoms. The number of hydrogen-bond acceptors (Lipinski definition) is 3. The Bertz CT molecular complexity index is 516. The molecule has 0 aromatic heterocycles. The maximum atomic E-state index is 12.3. The Hall–Kier alpha value is -0.870. The van der Waals surface area contributed by atoms with Crippen LogP contribution < -0.4 is 5.73 Å². The SMILES string of the molecule is Cc1cc(C)cc(CS(=O)(=O)C2CCC(N)C2)c1. The van der Waals surface area contributed by atoms with Gasteiger partial charge in [0.2, 0.25) is 0 Å². The minimum atomic E-state index is -3.06. The summed E-state index contributed by atoms with van der Waals surface area (Å²) in [7, 11) is -3.06. The molecule has 0 radical (unpaired) electrons. The Morgan fingerprint density at radius 2 is 1.78 bits per heavy atom. The van der Waals surface area contributed by atoms with Crippen LogP contribution >= 0.6 is 0 Å². The van der Waals surface area contributed by atoms with Gasteiger partial charge in [-0.15, -0.1) is 0 Å². The molecule has 0 heterocycles. The number of nitrogens with two attached hydrogens (primary N) is 1. The van der Waals surface area contributed by atoms with Crippen LogP contribution in [0.25, 0.3) is 0 Å². The smallest absolute Gasteiger partial charge is 0.157 e. The van der Waals surface area contributed by atoms with Crippen molar-refractivity contribution in [3.05, 3.63) is 34.9 Å². The molecule has 2 N–H and O–H groups in total. The van der Waals surface area contributed by atoms with E-state index in [1.54, 1.807) is 0 Å². The summed E-state index contributed by atoms with van der Waals surface area (Å²) < 4.78 is 24.6. The molecule has 0 aliphatic heterocycles. The molecule has 1 aromatic carbocycles. The van der Waals surface area contributed by atoms with Crippen LogP contribution in [0.15, 0.2) is 18.2 Å². The second kappa shape index (κ2) is 5.02. The van der Waals surface area contributed by atoms with Crippen molar-refractivity contribution in [1.29, 1.82) is 0 Å². The molecule has 0 saturated heterocycles. The van der Waals surface area contributed by atoms with E-state index in [4.69, 9.17) is 5.73 Å². The molecule has 4 heteroatoms. The summed E-state index contributed by atoms with van der Waals surface area (Å²) in [6.07, 6.45) is 2.16. The maximum Gasteiger partial charge on any atom is 0.157 e. The third kappa shape index (κ3) is 3.12. The molecule has 2 unspecified atom stereocenters. The standard InChI is InChI=1S/C14H21NO2S/c1-10-5-11(2)7-12(6-10)9-18(16,17)14-4-3-13(15)8-14/h5-7,13-14H,3-4,8-9,15H2,1-2H3. The van der Waals surface area contributed by atoms with Gasteiger partial charge in [-0.05, 0) is 38.7 Å². The van der Waals surface area contributed by atoms with Gasteiger partial charge in [0.05, 0.1) is 11.0 Å². The molecule has 3 nitrogen and oxygen atoms in total. The molecular weight excluding hydrogens is 246 g/mol. The van der Waals surface area contributed by atoms with Crippen molar-refractivity contribution >= 4 is 9.84 Å². The van der Waals surface area contributed by atoms with Crippen molar-refractivity contribution in [3.63, 3.8) is 0 Å². The van der Waals surface area contributed by atoms with E-state index in [9.17, 15) is 8.42 Å². The maximum absolute atomic E-state index is 12.3. The lowest BCUT2D eigenvalue weighted by Crippen LogP contribution is -2.23. The van der Waals surface area contributed by atoms with E-state index < -0.39 is 9.84 Å². The summed E-state index contributed by atoms with van der Waals surface area (Å²) in [4.78, 5) is 0. The normalized spacial score (nSPS) is 24.4. The van der Waals surface area contributed by atoms with Crippen LogP contribution in [0.2, 0.25) is 0 Å². The van der Waals surface area contributed by atoms with Crippen LogP contribution in [0.3, 0.4) is 0 Å². The number of benzene rings is 1. The van der Waals surface area contributed by atoms with Crippen LogP contribution in [-0.2, 0) is 15.6 Å². The monoisotopic (exact) mass is 267 g/mol. The van der Waals surface area contributed by atoms with E-state index >= 15 is 0 Å². The summed E-state index contributed by atoms with van der Waals surface area (Å²) in [5.74, 6) is 0.146. The Morgan fingerprint density at radius 1 is 1.17 bits per heavy atom. The van der Waals surface area contributed by atoms with E-state index in [1.807, 2.05) is 26.0 Å². The number of sulfone groups is 1. The summed E-state index contributed by atoms with van der Waals surface area (Å²) in [6, 6.07) is 6.03. The van der Waals surface area contributed by atoms with Gasteiger partial charge in [-0.2, -0.15) is 0 Å².